The normalized spacial score (nSPS) is 41.9. The number of methoxy groups -OCH3 is 1. The number of fused-ring (bicyclic) bond motifs is 1. The number of aromatic hydroxyl groups is 1. The van der Waals surface area contributed by atoms with Gasteiger partial charge >= 0.3 is 0 Å². The van der Waals surface area contributed by atoms with Crippen LogP contribution in [-0.2, 0) is 16.6 Å². The number of hydrogen-bond donors (Lipinski definition) is 3. The van der Waals surface area contributed by atoms with Crippen molar-refractivity contribution in [1.82, 2.24) is 5.32 Å². The van der Waals surface area contributed by atoms with Crippen LogP contribution in [0.3, 0.4) is 0 Å². The molecule has 5 nitrogen and oxygen atoms in total. The first-order chi connectivity index (χ1) is 13.9. The lowest BCUT2D eigenvalue weighted by Gasteiger charge is -2.68. The predicted octanol–water partition coefficient (Wildman–Crippen LogP) is 3.07. The van der Waals surface area contributed by atoms with Gasteiger partial charge in [-0.1, -0.05) is 38.0 Å². The minimum atomic E-state index is -0.706. The number of hydrogen-bond acceptors (Lipinski definition) is 5. The average molecular weight is 400 g/mol. The van der Waals surface area contributed by atoms with E-state index in [1.807, 2.05) is 14.0 Å². The Balaban J connectivity index is 1.85. The molecule has 1 aromatic rings. The van der Waals surface area contributed by atoms with E-state index in [1.54, 1.807) is 13.2 Å². The molecule has 1 spiro atoms. The van der Waals surface area contributed by atoms with Gasteiger partial charge in [0.15, 0.2) is 11.5 Å². The molecule has 0 radical (unpaired) electrons. The standard InChI is InChI=1S/C24H33NO4/c1-5-6-9-23-19-15-7-8-17(27)20(19)29-21(23)24(28-4)11-10-22(23,18(12-15)25-3)13-16(24)14(2)26/h7-8,10-11,14,16,18,21,25-27H,5-6,9,12-13H2,1-4H3/t14?,16?,18?,21?,22?,23-,24?/m0/s1. The quantitative estimate of drug-likeness (QED) is 0.642. The zero-order valence-corrected chi connectivity index (χ0v) is 17.9. The maximum absolute atomic E-state index is 10.8. The fraction of sp³-hybridized carbons (Fsp3) is 0.667. The van der Waals surface area contributed by atoms with Gasteiger partial charge in [-0.2, -0.15) is 0 Å². The van der Waals surface area contributed by atoms with Gasteiger partial charge in [0.05, 0.1) is 11.5 Å². The molecule has 1 aromatic carbocycles. The van der Waals surface area contributed by atoms with Crippen molar-refractivity contribution in [3.63, 3.8) is 0 Å². The molecule has 5 heteroatoms. The van der Waals surface area contributed by atoms with Gasteiger partial charge in [0.1, 0.15) is 11.7 Å². The van der Waals surface area contributed by atoms with Crippen molar-refractivity contribution in [2.45, 2.75) is 75.2 Å². The van der Waals surface area contributed by atoms with Crippen molar-refractivity contribution in [2.75, 3.05) is 14.2 Å². The number of rotatable bonds is 6. The molecule has 158 valence electrons. The molecule has 29 heavy (non-hydrogen) atoms. The second-order valence-corrected chi connectivity index (χ2v) is 9.55. The number of ether oxygens (including phenoxy) is 2. The number of unbranched alkanes of at least 4 members (excludes halogenated alkanes) is 1. The molecule has 6 unspecified atom stereocenters. The van der Waals surface area contributed by atoms with E-state index in [1.165, 1.54) is 11.1 Å². The van der Waals surface area contributed by atoms with Gasteiger partial charge in [-0.15, -0.1) is 0 Å². The summed E-state index contributed by atoms with van der Waals surface area (Å²) in [6.07, 6.45) is 8.66. The summed E-state index contributed by atoms with van der Waals surface area (Å²) >= 11 is 0. The number of phenols is 1. The molecule has 0 saturated heterocycles. The smallest absolute Gasteiger partial charge is 0.165 e. The predicted molar refractivity (Wildman–Crippen MR) is 111 cm³/mol. The summed E-state index contributed by atoms with van der Waals surface area (Å²) in [5.41, 5.74) is 1.30. The Morgan fingerprint density at radius 2 is 2.14 bits per heavy atom. The third-order valence-corrected chi connectivity index (χ3v) is 8.63. The van der Waals surface area contributed by atoms with Gasteiger partial charge in [-0.3, -0.25) is 0 Å². The van der Waals surface area contributed by atoms with Crippen LogP contribution in [-0.4, -0.2) is 48.2 Å². The first-order valence-corrected chi connectivity index (χ1v) is 11.0. The highest BCUT2D eigenvalue weighted by molar-refractivity contribution is 5.64. The summed E-state index contributed by atoms with van der Waals surface area (Å²) < 4.78 is 12.9. The van der Waals surface area contributed by atoms with E-state index < -0.39 is 11.7 Å². The molecule has 6 rings (SSSR count). The van der Waals surface area contributed by atoms with E-state index in [0.29, 0.717) is 5.75 Å². The molecule has 5 aliphatic rings. The molecule has 7 atom stereocenters. The van der Waals surface area contributed by atoms with Crippen molar-refractivity contribution in [2.24, 2.45) is 11.3 Å². The van der Waals surface area contributed by atoms with Gasteiger partial charge in [-0.05, 0) is 44.9 Å². The van der Waals surface area contributed by atoms with E-state index in [-0.39, 0.29) is 34.6 Å². The Morgan fingerprint density at radius 3 is 2.79 bits per heavy atom. The Kier molecular flexibility index (Phi) is 4.16. The van der Waals surface area contributed by atoms with Gasteiger partial charge < -0.3 is 25.0 Å². The summed E-state index contributed by atoms with van der Waals surface area (Å²) in [6.45, 7) is 4.09. The average Bonchev–Trinajstić information content (AvgIpc) is 3.11. The van der Waals surface area contributed by atoms with Gasteiger partial charge in [0.2, 0.25) is 0 Å². The van der Waals surface area contributed by atoms with Crippen LogP contribution in [0.25, 0.3) is 0 Å². The molecule has 2 bridgehead atoms. The third kappa shape index (κ3) is 2.02. The molecular formula is C24H33NO4. The highest BCUT2D eigenvalue weighted by atomic mass is 16.6. The topological polar surface area (TPSA) is 71.0 Å². The highest BCUT2D eigenvalue weighted by Gasteiger charge is 2.77. The summed E-state index contributed by atoms with van der Waals surface area (Å²) in [4.78, 5) is 0. The lowest BCUT2D eigenvalue weighted by atomic mass is 9.38. The van der Waals surface area contributed by atoms with Crippen molar-refractivity contribution >= 4 is 0 Å². The van der Waals surface area contributed by atoms with Crippen molar-refractivity contribution < 1.29 is 19.7 Å². The molecule has 1 heterocycles. The van der Waals surface area contributed by atoms with Crippen LogP contribution in [0.1, 0.15) is 50.7 Å². The number of likely N-dealkylation sites (N-methyl/N-ethyl adjacent to an activating group) is 1. The first-order valence-electron chi connectivity index (χ1n) is 11.0. The van der Waals surface area contributed by atoms with Crippen LogP contribution in [0.5, 0.6) is 11.5 Å². The maximum atomic E-state index is 10.8. The van der Waals surface area contributed by atoms with E-state index in [9.17, 15) is 10.2 Å². The summed E-state index contributed by atoms with van der Waals surface area (Å²) in [6, 6.07) is 4.08. The summed E-state index contributed by atoms with van der Waals surface area (Å²) in [5.74, 6) is 0.788. The van der Waals surface area contributed by atoms with Gasteiger partial charge in [0, 0.05) is 30.0 Å². The van der Waals surface area contributed by atoms with Crippen molar-refractivity contribution in [3.05, 3.63) is 35.4 Å². The Morgan fingerprint density at radius 1 is 1.34 bits per heavy atom. The van der Waals surface area contributed by atoms with Gasteiger partial charge in [-0.25, -0.2) is 0 Å². The van der Waals surface area contributed by atoms with Crippen molar-refractivity contribution in [3.8, 4) is 11.5 Å². The Bertz CT molecular complexity index is 867. The minimum absolute atomic E-state index is 0.0638. The fourth-order valence-corrected chi connectivity index (χ4v) is 7.45. The van der Waals surface area contributed by atoms with Crippen molar-refractivity contribution in [1.29, 1.82) is 0 Å². The Hall–Kier alpha value is -1.56. The monoisotopic (exact) mass is 399 g/mol. The van der Waals surface area contributed by atoms with E-state index in [2.05, 4.69) is 30.5 Å². The maximum Gasteiger partial charge on any atom is 0.165 e. The second kappa shape index (κ2) is 6.22. The highest BCUT2D eigenvalue weighted by Crippen LogP contribution is 2.73. The molecule has 4 aliphatic carbocycles. The molecule has 1 saturated carbocycles. The fourth-order valence-electron chi connectivity index (χ4n) is 7.45. The zero-order valence-electron chi connectivity index (χ0n) is 17.9. The van der Waals surface area contributed by atoms with Crippen LogP contribution in [0.2, 0.25) is 0 Å². The summed E-state index contributed by atoms with van der Waals surface area (Å²) in [5, 5.41) is 25.2. The molecule has 3 N–H and O–H groups in total. The Labute approximate surface area is 173 Å². The number of aliphatic hydroxyl groups is 1. The zero-order chi connectivity index (χ0) is 20.6. The first kappa shape index (κ1) is 19.4. The van der Waals surface area contributed by atoms with Crippen LogP contribution < -0.4 is 10.1 Å². The summed E-state index contributed by atoms with van der Waals surface area (Å²) in [7, 11) is 3.78. The molecule has 0 aromatic heterocycles. The van der Waals surface area contributed by atoms with Crippen LogP contribution in [0, 0.1) is 11.3 Å². The molecular weight excluding hydrogens is 366 g/mol. The van der Waals surface area contributed by atoms with E-state index in [4.69, 9.17) is 9.47 Å². The minimum Gasteiger partial charge on any atom is -0.504 e. The lowest BCUT2D eigenvalue weighted by Crippen LogP contribution is -2.77. The number of aliphatic hydroxyl groups excluding tert-OH is 1. The lowest BCUT2D eigenvalue weighted by molar-refractivity contribution is -0.211. The second-order valence-electron chi connectivity index (χ2n) is 9.55. The number of benzene rings is 1. The molecule has 0 amide bonds. The van der Waals surface area contributed by atoms with Crippen LogP contribution in [0.4, 0.5) is 0 Å². The van der Waals surface area contributed by atoms with E-state index in [0.717, 1.165) is 32.1 Å². The third-order valence-electron chi connectivity index (χ3n) is 8.63. The number of nitrogens with one attached hydrogen (secondary N) is 1. The molecule has 1 fully saturated rings. The van der Waals surface area contributed by atoms with Crippen LogP contribution >= 0.6 is 0 Å². The SMILES string of the molecule is CCCC[C@]12c3c4ccc(O)c3OC1C1(OC)C=CC2(CC1C(C)O)C(NC)C4. The molecule has 1 aliphatic heterocycles. The van der Waals surface area contributed by atoms with Crippen LogP contribution in [0.15, 0.2) is 24.3 Å². The van der Waals surface area contributed by atoms with Gasteiger partial charge in [0.25, 0.3) is 0 Å². The largest absolute Gasteiger partial charge is 0.504 e. The number of phenolic OH excluding ortho intramolecular Hbond substituents is 1. The van der Waals surface area contributed by atoms with E-state index >= 15 is 0 Å².